The molecule has 0 aliphatic rings. The first-order valence-electron chi connectivity index (χ1n) is 5.35. The molecule has 17 heavy (non-hydrogen) atoms. The maximum atomic E-state index is 12.3. The minimum absolute atomic E-state index is 0.00555. The van der Waals surface area contributed by atoms with Gasteiger partial charge in [0.1, 0.15) is 0 Å². The predicted octanol–water partition coefficient (Wildman–Crippen LogP) is 1.26. The lowest BCUT2D eigenvalue weighted by Gasteiger charge is -2.22. The molecule has 0 fully saturated rings. The minimum atomic E-state index is -4.26. The van der Waals surface area contributed by atoms with E-state index in [1.54, 1.807) is 17.1 Å². The third kappa shape index (κ3) is 4.74. The summed E-state index contributed by atoms with van der Waals surface area (Å²) in [6.45, 7) is 1.36. The highest BCUT2D eigenvalue weighted by Gasteiger charge is 2.30. The average molecular weight is 251 g/mol. The minimum Gasteiger partial charge on any atom is -0.395 e. The van der Waals surface area contributed by atoms with Gasteiger partial charge in [-0.05, 0) is 6.92 Å². The van der Waals surface area contributed by atoms with Gasteiger partial charge in [-0.25, -0.2) is 4.98 Å². The third-order valence-electron chi connectivity index (χ3n) is 2.34. The number of halogens is 3. The molecule has 1 heterocycles. The van der Waals surface area contributed by atoms with E-state index in [0.717, 1.165) is 4.90 Å². The fourth-order valence-electron chi connectivity index (χ4n) is 1.60. The quantitative estimate of drug-likeness (QED) is 0.827. The second-order valence-corrected chi connectivity index (χ2v) is 3.72. The molecule has 98 valence electrons. The molecule has 0 aliphatic carbocycles. The number of aliphatic hydroxyl groups excluding tert-OH is 1. The average Bonchev–Trinajstić information content (AvgIpc) is 2.63. The van der Waals surface area contributed by atoms with Crippen molar-refractivity contribution in [2.24, 2.45) is 0 Å². The van der Waals surface area contributed by atoms with E-state index in [1.807, 2.05) is 6.92 Å². The number of aromatic nitrogens is 2. The van der Waals surface area contributed by atoms with Gasteiger partial charge in [0.2, 0.25) is 0 Å². The summed E-state index contributed by atoms with van der Waals surface area (Å²) in [7, 11) is 0. The Hall–Kier alpha value is -1.08. The normalized spacial score (nSPS) is 12.4. The molecule has 1 aromatic heterocycles. The molecule has 0 saturated heterocycles. The van der Waals surface area contributed by atoms with Gasteiger partial charge in [-0.3, -0.25) is 4.90 Å². The first-order valence-corrected chi connectivity index (χ1v) is 5.35. The summed E-state index contributed by atoms with van der Waals surface area (Å²) >= 11 is 0. The van der Waals surface area contributed by atoms with E-state index in [2.05, 4.69) is 4.98 Å². The van der Waals surface area contributed by atoms with E-state index in [1.165, 1.54) is 0 Å². The topological polar surface area (TPSA) is 41.3 Å². The zero-order valence-corrected chi connectivity index (χ0v) is 9.61. The molecule has 0 unspecified atom stereocenters. The summed E-state index contributed by atoms with van der Waals surface area (Å²) < 4.78 is 38.7. The standard InChI is InChI=1S/C10H16F3N3O/c1-2-16-8-14-5-9(16)6-15(3-4-17)7-10(11,12)13/h5,8,17H,2-4,6-7H2,1H3. The smallest absolute Gasteiger partial charge is 0.395 e. The molecular formula is C10H16F3N3O. The number of imidazole rings is 1. The highest BCUT2D eigenvalue weighted by atomic mass is 19.4. The van der Waals surface area contributed by atoms with Crippen LogP contribution in [0, 0.1) is 0 Å². The van der Waals surface area contributed by atoms with Crippen LogP contribution in [-0.2, 0) is 13.1 Å². The molecule has 4 nitrogen and oxygen atoms in total. The largest absolute Gasteiger partial charge is 0.401 e. The van der Waals surface area contributed by atoms with Crippen molar-refractivity contribution in [3.05, 3.63) is 18.2 Å². The lowest BCUT2D eigenvalue weighted by atomic mass is 10.3. The van der Waals surface area contributed by atoms with Gasteiger partial charge in [-0.1, -0.05) is 0 Å². The van der Waals surface area contributed by atoms with Crippen LogP contribution >= 0.6 is 0 Å². The van der Waals surface area contributed by atoms with Gasteiger partial charge in [0.25, 0.3) is 0 Å². The summed E-state index contributed by atoms with van der Waals surface area (Å²) in [6.07, 6.45) is -1.13. The second-order valence-electron chi connectivity index (χ2n) is 3.72. The van der Waals surface area contributed by atoms with Gasteiger partial charge in [0.15, 0.2) is 0 Å². The van der Waals surface area contributed by atoms with Crippen molar-refractivity contribution in [3.63, 3.8) is 0 Å². The molecule has 0 atom stereocenters. The number of hydrogen-bond acceptors (Lipinski definition) is 3. The van der Waals surface area contributed by atoms with E-state index in [9.17, 15) is 13.2 Å². The molecule has 0 amide bonds. The van der Waals surface area contributed by atoms with Gasteiger partial charge >= 0.3 is 6.18 Å². The Balaban J connectivity index is 2.66. The van der Waals surface area contributed by atoms with Crippen LogP contribution in [0.3, 0.4) is 0 Å². The molecule has 1 N–H and O–H groups in total. The second kappa shape index (κ2) is 6.02. The Morgan fingerprint density at radius 3 is 2.71 bits per heavy atom. The number of nitrogens with zero attached hydrogens (tertiary/aromatic N) is 3. The highest BCUT2D eigenvalue weighted by molar-refractivity contribution is 4.98. The fourth-order valence-corrected chi connectivity index (χ4v) is 1.60. The number of aliphatic hydroxyl groups is 1. The van der Waals surface area contributed by atoms with Gasteiger partial charge in [0, 0.05) is 25.8 Å². The summed E-state index contributed by atoms with van der Waals surface area (Å²) in [5.74, 6) is 0. The van der Waals surface area contributed by atoms with Crippen LogP contribution < -0.4 is 0 Å². The Morgan fingerprint density at radius 1 is 1.47 bits per heavy atom. The molecule has 7 heteroatoms. The Kier molecular flexibility index (Phi) is 4.95. The molecule has 0 saturated carbocycles. The summed E-state index contributed by atoms with van der Waals surface area (Å²) in [5.41, 5.74) is 0.713. The molecule has 0 aliphatic heterocycles. The molecular weight excluding hydrogens is 235 g/mol. The lowest BCUT2D eigenvalue weighted by molar-refractivity contribution is -0.148. The number of aryl methyl sites for hydroxylation is 1. The van der Waals surface area contributed by atoms with Crippen molar-refractivity contribution in [1.82, 2.24) is 14.5 Å². The zero-order chi connectivity index (χ0) is 12.9. The van der Waals surface area contributed by atoms with Crippen LogP contribution in [0.5, 0.6) is 0 Å². The van der Waals surface area contributed by atoms with Gasteiger partial charge in [0.05, 0.1) is 25.2 Å². The van der Waals surface area contributed by atoms with E-state index < -0.39 is 12.7 Å². The van der Waals surface area contributed by atoms with Crippen LogP contribution in [0.15, 0.2) is 12.5 Å². The van der Waals surface area contributed by atoms with E-state index in [-0.39, 0.29) is 19.7 Å². The Morgan fingerprint density at radius 2 is 2.18 bits per heavy atom. The predicted molar refractivity (Wildman–Crippen MR) is 56.3 cm³/mol. The maximum absolute atomic E-state index is 12.3. The van der Waals surface area contributed by atoms with Crippen molar-refractivity contribution < 1.29 is 18.3 Å². The number of hydrogen-bond donors (Lipinski definition) is 1. The van der Waals surface area contributed by atoms with Crippen LogP contribution in [0.4, 0.5) is 13.2 Å². The van der Waals surface area contributed by atoms with Crippen LogP contribution in [0.25, 0.3) is 0 Å². The Labute approximate surface area is 97.7 Å². The summed E-state index contributed by atoms with van der Waals surface area (Å²) in [4.78, 5) is 5.05. The van der Waals surface area contributed by atoms with Crippen LogP contribution in [0.1, 0.15) is 12.6 Å². The fraction of sp³-hybridized carbons (Fsp3) is 0.700. The first-order chi connectivity index (χ1) is 7.96. The van der Waals surface area contributed by atoms with E-state index in [4.69, 9.17) is 5.11 Å². The lowest BCUT2D eigenvalue weighted by Crippen LogP contribution is -2.36. The van der Waals surface area contributed by atoms with Crippen molar-refractivity contribution in [2.45, 2.75) is 26.2 Å². The molecule has 0 radical (unpaired) electrons. The number of alkyl halides is 3. The zero-order valence-electron chi connectivity index (χ0n) is 9.61. The molecule has 1 rings (SSSR count). The SMILES string of the molecule is CCn1cncc1CN(CCO)CC(F)(F)F. The molecule has 0 aromatic carbocycles. The Bertz CT molecular complexity index is 338. The first kappa shape index (κ1) is 14.0. The van der Waals surface area contributed by atoms with Crippen molar-refractivity contribution >= 4 is 0 Å². The summed E-state index contributed by atoms with van der Waals surface area (Å²) in [5, 5.41) is 8.76. The molecule has 0 bridgehead atoms. The molecule has 1 aromatic rings. The van der Waals surface area contributed by atoms with Crippen LogP contribution in [0.2, 0.25) is 0 Å². The van der Waals surface area contributed by atoms with Crippen molar-refractivity contribution in [2.75, 3.05) is 19.7 Å². The van der Waals surface area contributed by atoms with Crippen LogP contribution in [-0.4, -0.2) is 45.4 Å². The maximum Gasteiger partial charge on any atom is 0.401 e. The third-order valence-corrected chi connectivity index (χ3v) is 2.34. The summed E-state index contributed by atoms with van der Waals surface area (Å²) in [6, 6.07) is 0. The van der Waals surface area contributed by atoms with Gasteiger partial charge < -0.3 is 9.67 Å². The van der Waals surface area contributed by atoms with E-state index in [0.29, 0.717) is 12.2 Å². The van der Waals surface area contributed by atoms with E-state index >= 15 is 0 Å². The van der Waals surface area contributed by atoms with Crippen molar-refractivity contribution in [3.8, 4) is 0 Å². The highest BCUT2D eigenvalue weighted by Crippen LogP contribution is 2.17. The molecule has 0 spiro atoms. The monoisotopic (exact) mass is 251 g/mol. The van der Waals surface area contributed by atoms with Crippen molar-refractivity contribution in [1.29, 1.82) is 0 Å². The van der Waals surface area contributed by atoms with Gasteiger partial charge in [-0.2, -0.15) is 13.2 Å². The van der Waals surface area contributed by atoms with Gasteiger partial charge in [-0.15, -0.1) is 0 Å². The number of rotatable bonds is 6.